The monoisotopic (exact) mass is 325 g/mol. The van der Waals surface area contributed by atoms with Gasteiger partial charge in [0.15, 0.2) is 4.67 Å². The van der Waals surface area contributed by atoms with Crippen LogP contribution in [0.4, 0.5) is 4.39 Å². The van der Waals surface area contributed by atoms with E-state index >= 15 is 0 Å². The molecule has 0 bridgehead atoms. The van der Waals surface area contributed by atoms with Crippen molar-refractivity contribution in [3.63, 3.8) is 0 Å². The van der Waals surface area contributed by atoms with E-state index in [-0.39, 0.29) is 11.9 Å². The second-order valence-corrected chi connectivity index (χ2v) is 5.34. The molecule has 19 heavy (non-hydrogen) atoms. The van der Waals surface area contributed by atoms with Crippen LogP contribution in [0, 0.1) is 12.7 Å². The van der Waals surface area contributed by atoms with Gasteiger partial charge in [-0.25, -0.2) is 4.39 Å². The number of nitrogens with one attached hydrogen (secondary N) is 1. The van der Waals surface area contributed by atoms with E-state index in [1.807, 2.05) is 31.2 Å². The quantitative estimate of drug-likeness (QED) is 0.870. The van der Waals surface area contributed by atoms with E-state index in [1.165, 1.54) is 0 Å². The van der Waals surface area contributed by atoms with Crippen LogP contribution in [0.25, 0.3) is 0 Å². The molecule has 0 spiro atoms. The normalized spacial score (nSPS) is 12.6. The Labute approximate surface area is 121 Å². The first-order chi connectivity index (χ1) is 9.11. The molecule has 0 aliphatic carbocycles. The molecule has 2 nitrogen and oxygen atoms in total. The third kappa shape index (κ3) is 3.45. The lowest BCUT2D eigenvalue weighted by Gasteiger charge is -2.17. The molecule has 0 amide bonds. The number of benzene rings is 1. The fraction of sp³-hybridized carbons (Fsp3) is 0.333. The van der Waals surface area contributed by atoms with Crippen molar-refractivity contribution in [2.24, 2.45) is 0 Å². The molecule has 102 valence electrons. The summed E-state index contributed by atoms with van der Waals surface area (Å²) in [6.45, 7) is 4.76. The molecule has 0 aliphatic rings. The van der Waals surface area contributed by atoms with Crippen LogP contribution in [0.3, 0.4) is 0 Å². The Kier molecular flexibility index (Phi) is 4.77. The fourth-order valence-electron chi connectivity index (χ4n) is 2.00. The van der Waals surface area contributed by atoms with E-state index in [1.54, 1.807) is 6.07 Å². The summed E-state index contributed by atoms with van der Waals surface area (Å²) < 4.78 is 20.3. The summed E-state index contributed by atoms with van der Waals surface area (Å²) in [4.78, 5) is 0. The largest absolute Gasteiger partial charge is 0.452 e. The smallest absolute Gasteiger partial charge is 0.169 e. The van der Waals surface area contributed by atoms with E-state index in [0.717, 1.165) is 18.5 Å². The Morgan fingerprint density at radius 3 is 2.68 bits per heavy atom. The molecule has 0 radical (unpaired) electrons. The molecule has 1 aromatic heterocycles. The molecule has 2 rings (SSSR count). The third-order valence-electron chi connectivity index (χ3n) is 2.94. The lowest BCUT2D eigenvalue weighted by atomic mass is 10.0. The summed E-state index contributed by atoms with van der Waals surface area (Å²) in [7, 11) is 0. The Bertz CT molecular complexity index is 553. The summed E-state index contributed by atoms with van der Waals surface area (Å²) in [5.74, 6) is 0.504. The molecule has 1 unspecified atom stereocenters. The van der Waals surface area contributed by atoms with Gasteiger partial charge in [0.25, 0.3) is 0 Å². The molecule has 1 N–H and O–H groups in total. The van der Waals surface area contributed by atoms with Gasteiger partial charge in [-0.05, 0) is 59.6 Å². The van der Waals surface area contributed by atoms with Gasteiger partial charge < -0.3 is 9.73 Å². The lowest BCUT2D eigenvalue weighted by Crippen LogP contribution is -2.23. The van der Waals surface area contributed by atoms with Crippen LogP contribution in [0.1, 0.15) is 36.3 Å². The molecule has 2 aromatic rings. The molecule has 1 atom stereocenters. The van der Waals surface area contributed by atoms with Gasteiger partial charge in [0, 0.05) is 5.56 Å². The van der Waals surface area contributed by atoms with Crippen LogP contribution in [0.5, 0.6) is 0 Å². The van der Waals surface area contributed by atoms with E-state index in [0.29, 0.717) is 16.0 Å². The van der Waals surface area contributed by atoms with Crippen LogP contribution >= 0.6 is 15.9 Å². The molecule has 0 fully saturated rings. The maximum absolute atomic E-state index is 14.1. The van der Waals surface area contributed by atoms with E-state index in [9.17, 15) is 4.39 Å². The number of aryl methyl sites for hydroxylation is 1. The SMILES string of the molecule is CCCNC(c1ccc(Br)o1)c1ccc(C)cc1F. The molecule has 1 aromatic carbocycles. The topological polar surface area (TPSA) is 25.2 Å². The van der Waals surface area contributed by atoms with Gasteiger partial charge in [-0.2, -0.15) is 0 Å². The van der Waals surface area contributed by atoms with E-state index in [4.69, 9.17) is 4.42 Å². The summed E-state index contributed by atoms with van der Waals surface area (Å²) in [6, 6.07) is 8.70. The summed E-state index contributed by atoms with van der Waals surface area (Å²) >= 11 is 3.28. The average Bonchev–Trinajstić information content (AvgIpc) is 2.78. The average molecular weight is 326 g/mol. The van der Waals surface area contributed by atoms with Gasteiger partial charge in [-0.3, -0.25) is 0 Å². The summed E-state index contributed by atoms with van der Waals surface area (Å²) in [6.07, 6.45) is 0.978. The van der Waals surface area contributed by atoms with Gasteiger partial charge >= 0.3 is 0 Å². The second kappa shape index (κ2) is 6.35. The Morgan fingerprint density at radius 2 is 2.11 bits per heavy atom. The molecule has 1 heterocycles. The van der Waals surface area contributed by atoms with Gasteiger partial charge in [-0.1, -0.05) is 19.1 Å². The zero-order valence-corrected chi connectivity index (χ0v) is 12.6. The zero-order valence-electron chi connectivity index (χ0n) is 11.0. The van der Waals surface area contributed by atoms with Crippen molar-refractivity contribution in [3.05, 3.63) is 57.7 Å². The maximum Gasteiger partial charge on any atom is 0.169 e. The van der Waals surface area contributed by atoms with Crippen LogP contribution < -0.4 is 5.32 Å². The minimum absolute atomic E-state index is 0.207. The summed E-state index contributed by atoms with van der Waals surface area (Å²) in [5, 5.41) is 3.32. The number of hydrogen-bond donors (Lipinski definition) is 1. The second-order valence-electron chi connectivity index (χ2n) is 4.55. The third-order valence-corrected chi connectivity index (χ3v) is 3.37. The van der Waals surface area contributed by atoms with Crippen molar-refractivity contribution in [1.82, 2.24) is 5.32 Å². The van der Waals surface area contributed by atoms with Crippen molar-refractivity contribution in [1.29, 1.82) is 0 Å². The predicted molar refractivity (Wildman–Crippen MR) is 77.7 cm³/mol. The molecule has 0 saturated heterocycles. The van der Waals surface area contributed by atoms with Crippen LogP contribution in [-0.2, 0) is 0 Å². The van der Waals surface area contributed by atoms with Crippen molar-refractivity contribution in [2.45, 2.75) is 26.3 Å². The van der Waals surface area contributed by atoms with Crippen molar-refractivity contribution < 1.29 is 8.81 Å². The summed E-state index contributed by atoms with van der Waals surface area (Å²) in [5.41, 5.74) is 1.53. The highest BCUT2D eigenvalue weighted by molar-refractivity contribution is 9.10. The minimum atomic E-state index is -0.258. The van der Waals surface area contributed by atoms with Crippen molar-refractivity contribution >= 4 is 15.9 Å². The van der Waals surface area contributed by atoms with Gasteiger partial charge in [0.2, 0.25) is 0 Å². The van der Waals surface area contributed by atoms with Crippen LogP contribution in [0.2, 0.25) is 0 Å². The first-order valence-electron chi connectivity index (χ1n) is 6.36. The number of rotatable bonds is 5. The standard InChI is InChI=1S/C15H17BrFNO/c1-3-8-18-15(13-6-7-14(16)19-13)11-5-4-10(2)9-12(11)17/h4-7,9,15,18H,3,8H2,1-2H3. The highest BCUT2D eigenvalue weighted by Gasteiger charge is 2.20. The predicted octanol–water partition coefficient (Wildman–Crippen LogP) is 4.58. The van der Waals surface area contributed by atoms with Crippen molar-refractivity contribution in [2.75, 3.05) is 6.54 Å². The Morgan fingerprint density at radius 1 is 1.32 bits per heavy atom. The lowest BCUT2D eigenvalue weighted by molar-refractivity contribution is 0.424. The van der Waals surface area contributed by atoms with Gasteiger partial charge in [-0.15, -0.1) is 0 Å². The van der Waals surface area contributed by atoms with Crippen LogP contribution in [0.15, 0.2) is 39.4 Å². The zero-order chi connectivity index (χ0) is 13.8. The van der Waals surface area contributed by atoms with Crippen molar-refractivity contribution in [3.8, 4) is 0 Å². The number of hydrogen-bond acceptors (Lipinski definition) is 2. The Balaban J connectivity index is 2.36. The maximum atomic E-state index is 14.1. The molecule has 0 aliphatic heterocycles. The molecule has 4 heteroatoms. The molecule has 0 saturated carbocycles. The molecular formula is C15H17BrFNO. The van der Waals surface area contributed by atoms with Crippen LogP contribution in [-0.4, -0.2) is 6.54 Å². The molecular weight excluding hydrogens is 309 g/mol. The highest BCUT2D eigenvalue weighted by Crippen LogP contribution is 2.28. The highest BCUT2D eigenvalue weighted by atomic mass is 79.9. The van der Waals surface area contributed by atoms with Gasteiger partial charge in [0.05, 0.1) is 6.04 Å². The first kappa shape index (κ1) is 14.3. The number of furan rings is 1. The fourth-order valence-corrected chi connectivity index (χ4v) is 2.32. The Hall–Kier alpha value is -1.13. The number of halogens is 2. The van der Waals surface area contributed by atoms with E-state index in [2.05, 4.69) is 28.2 Å². The first-order valence-corrected chi connectivity index (χ1v) is 7.15. The minimum Gasteiger partial charge on any atom is -0.452 e. The van der Waals surface area contributed by atoms with Gasteiger partial charge in [0.1, 0.15) is 11.6 Å². The van der Waals surface area contributed by atoms with E-state index < -0.39 is 0 Å².